The second kappa shape index (κ2) is 7.76. The fraction of sp³-hybridized carbons (Fsp3) is 0.579. The first kappa shape index (κ1) is 19.1. The van der Waals surface area contributed by atoms with E-state index in [4.69, 9.17) is 9.84 Å². The van der Waals surface area contributed by atoms with Gasteiger partial charge in [0.1, 0.15) is 11.4 Å². The highest BCUT2D eigenvalue weighted by Gasteiger charge is 2.28. The van der Waals surface area contributed by atoms with Gasteiger partial charge >= 0.3 is 12.0 Å². The standard InChI is InChI=1S/C19H28N2O4/c1-13-7-8-14(16(10-13)25-19(2,3)4)11-20-18(24)21-9-5-6-15(12-21)17(22)23/h7-8,10,15H,5-6,9,11-12H2,1-4H3,(H,20,24)(H,22,23). The van der Waals surface area contributed by atoms with Crippen molar-refractivity contribution in [1.29, 1.82) is 0 Å². The quantitative estimate of drug-likeness (QED) is 0.876. The Bertz CT molecular complexity index is 637. The van der Waals surface area contributed by atoms with Crippen LogP contribution in [0.4, 0.5) is 4.79 Å². The van der Waals surface area contributed by atoms with E-state index in [2.05, 4.69) is 5.32 Å². The van der Waals surface area contributed by atoms with E-state index in [1.165, 1.54) is 0 Å². The molecule has 1 aliphatic rings. The third-order valence-corrected chi connectivity index (χ3v) is 4.13. The molecule has 1 aromatic rings. The van der Waals surface area contributed by atoms with Crippen LogP contribution in [0.15, 0.2) is 18.2 Å². The molecule has 0 saturated carbocycles. The molecule has 1 saturated heterocycles. The number of carbonyl (C=O) groups excluding carboxylic acids is 1. The zero-order valence-corrected chi connectivity index (χ0v) is 15.5. The van der Waals surface area contributed by atoms with Crippen molar-refractivity contribution in [3.8, 4) is 5.75 Å². The molecule has 0 radical (unpaired) electrons. The number of carbonyl (C=O) groups is 2. The Morgan fingerprint density at radius 2 is 2.08 bits per heavy atom. The number of benzene rings is 1. The van der Waals surface area contributed by atoms with E-state index in [0.29, 0.717) is 25.9 Å². The van der Waals surface area contributed by atoms with Crippen molar-refractivity contribution in [2.24, 2.45) is 5.92 Å². The lowest BCUT2D eigenvalue weighted by Gasteiger charge is -2.31. The number of aryl methyl sites for hydroxylation is 1. The third-order valence-electron chi connectivity index (χ3n) is 4.13. The molecular formula is C19H28N2O4. The number of hydrogen-bond donors (Lipinski definition) is 2. The zero-order chi connectivity index (χ0) is 18.6. The molecule has 0 aromatic heterocycles. The lowest BCUT2D eigenvalue weighted by molar-refractivity contribution is -0.143. The molecule has 0 bridgehead atoms. The van der Waals surface area contributed by atoms with E-state index < -0.39 is 11.9 Å². The summed E-state index contributed by atoms with van der Waals surface area (Å²) in [6.07, 6.45) is 1.34. The number of nitrogens with one attached hydrogen (secondary N) is 1. The Hall–Kier alpha value is -2.24. The number of carboxylic acid groups (broad SMARTS) is 1. The van der Waals surface area contributed by atoms with Gasteiger partial charge in [0.25, 0.3) is 0 Å². The summed E-state index contributed by atoms with van der Waals surface area (Å²) in [4.78, 5) is 25.1. The molecule has 0 aliphatic carbocycles. The lowest BCUT2D eigenvalue weighted by atomic mass is 9.99. The van der Waals surface area contributed by atoms with Gasteiger partial charge in [-0.25, -0.2) is 4.79 Å². The Morgan fingerprint density at radius 1 is 1.36 bits per heavy atom. The molecule has 1 aliphatic heterocycles. The summed E-state index contributed by atoms with van der Waals surface area (Å²) < 4.78 is 6.00. The van der Waals surface area contributed by atoms with Gasteiger partial charge in [-0.15, -0.1) is 0 Å². The Kier molecular flexibility index (Phi) is 5.93. The third kappa shape index (κ3) is 5.66. The summed E-state index contributed by atoms with van der Waals surface area (Å²) in [6, 6.07) is 5.67. The Balaban J connectivity index is 2.01. The van der Waals surface area contributed by atoms with E-state index in [1.54, 1.807) is 4.90 Å². The van der Waals surface area contributed by atoms with Gasteiger partial charge in [0.05, 0.1) is 5.92 Å². The first-order valence-electron chi connectivity index (χ1n) is 8.70. The van der Waals surface area contributed by atoms with Crippen LogP contribution in [0.25, 0.3) is 0 Å². The van der Waals surface area contributed by atoms with Gasteiger partial charge < -0.3 is 20.1 Å². The van der Waals surface area contributed by atoms with Crippen LogP contribution in [0.5, 0.6) is 5.75 Å². The number of piperidine rings is 1. The predicted molar refractivity (Wildman–Crippen MR) is 95.7 cm³/mol. The van der Waals surface area contributed by atoms with Crippen molar-refractivity contribution >= 4 is 12.0 Å². The molecule has 1 aromatic carbocycles. The smallest absolute Gasteiger partial charge is 0.317 e. The highest BCUT2D eigenvalue weighted by Crippen LogP contribution is 2.25. The Morgan fingerprint density at radius 3 is 2.72 bits per heavy atom. The highest BCUT2D eigenvalue weighted by atomic mass is 16.5. The average molecular weight is 348 g/mol. The minimum absolute atomic E-state index is 0.228. The molecule has 2 amide bonds. The zero-order valence-electron chi connectivity index (χ0n) is 15.5. The van der Waals surface area contributed by atoms with Crippen LogP contribution in [-0.4, -0.2) is 40.7 Å². The molecule has 6 heteroatoms. The topological polar surface area (TPSA) is 78.9 Å². The molecule has 2 rings (SSSR count). The van der Waals surface area contributed by atoms with Crippen LogP contribution in [0.3, 0.4) is 0 Å². The predicted octanol–water partition coefficient (Wildman–Crippen LogP) is 3.18. The van der Waals surface area contributed by atoms with Gasteiger partial charge in [-0.1, -0.05) is 12.1 Å². The largest absolute Gasteiger partial charge is 0.488 e. The lowest BCUT2D eigenvalue weighted by Crippen LogP contribution is -2.46. The molecule has 2 N–H and O–H groups in total. The van der Waals surface area contributed by atoms with Gasteiger partial charge in [-0.2, -0.15) is 0 Å². The monoisotopic (exact) mass is 348 g/mol. The number of hydrogen-bond acceptors (Lipinski definition) is 3. The van der Waals surface area contributed by atoms with Gasteiger partial charge in [0.2, 0.25) is 0 Å². The van der Waals surface area contributed by atoms with E-state index >= 15 is 0 Å². The van der Waals surface area contributed by atoms with Gasteiger partial charge in [0, 0.05) is 25.2 Å². The van der Waals surface area contributed by atoms with Crippen LogP contribution in [-0.2, 0) is 11.3 Å². The molecule has 1 heterocycles. The van der Waals surface area contributed by atoms with Crippen LogP contribution >= 0.6 is 0 Å². The number of carboxylic acids is 1. The van der Waals surface area contributed by atoms with Gasteiger partial charge in [-0.05, 0) is 52.2 Å². The van der Waals surface area contributed by atoms with Crippen LogP contribution < -0.4 is 10.1 Å². The van der Waals surface area contributed by atoms with Crippen molar-refractivity contribution in [1.82, 2.24) is 10.2 Å². The summed E-state index contributed by atoms with van der Waals surface area (Å²) in [5, 5.41) is 12.0. The molecule has 0 spiro atoms. The van der Waals surface area contributed by atoms with Crippen LogP contribution in [0.2, 0.25) is 0 Å². The van der Waals surface area contributed by atoms with Crippen LogP contribution in [0, 0.1) is 12.8 Å². The molecular weight excluding hydrogens is 320 g/mol. The minimum Gasteiger partial charge on any atom is -0.488 e. The molecule has 138 valence electrons. The maximum atomic E-state index is 12.4. The number of likely N-dealkylation sites (tertiary alicyclic amines) is 1. The van der Waals surface area contributed by atoms with Crippen molar-refractivity contribution in [3.05, 3.63) is 29.3 Å². The van der Waals surface area contributed by atoms with Crippen molar-refractivity contribution in [2.45, 2.75) is 52.7 Å². The average Bonchev–Trinajstić information content (AvgIpc) is 2.52. The summed E-state index contributed by atoms with van der Waals surface area (Å²) in [6.45, 7) is 9.15. The van der Waals surface area contributed by atoms with E-state index in [0.717, 1.165) is 16.9 Å². The fourth-order valence-corrected chi connectivity index (χ4v) is 2.88. The summed E-state index contributed by atoms with van der Waals surface area (Å²) >= 11 is 0. The van der Waals surface area contributed by atoms with Crippen molar-refractivity contribution < 1.29 is 19.4 Å². The number of rotatable bonds is 4. The fourth-order valence-electron chi connectivity index (χ4n) is 2.88. The summed E-state index contributed by atoms with van der Waals surface area (Å²) in [5.41, 5.74) is 1.67. The van der Waals surface area contributed by atoms with Crippen molar-refractivity contribution in [3.63, 3.8) is 0 Å². The minimum atomic E-state index is -0.836. The second-order valence-corrected chi connectivity index (χ2v) is 7.61. The van der Waals surface area contributed by atoms with E-state index in [9.17, 15) is 9.59 Å². The van der Waals surface area contributed by atoms with Crippen molar-refractivity contribution in [2.75, 3.05) is 13.1 Å². The molecule has 6 nitrogen and oxygen atoms in total. The first-order valence-corrected chi connectivity index (χ1v) is 8.70. The highest BCUT2D eigenvalue weighted by molar-refractivity contribution is 5.76. The van der Waals surface area contributed by atoms with Gasteiger partial charge in [0.15, 0.2) is 0 Å². The second-order valence-electron chi connectivity index (χ2n) is 7.61. The number of urea groups is 1. The summed E-state index contributed by atoms with van der Waals surface area (Å²) in [5.74, 6) is -0.551. The van der Waals surface area contributed by atoms with Crippen LogP contribution in [0.1, 0.15) is 44.7 Å². The SMILES string of the molecule is Cc1ccc(CNC(=O)N2CCCC(C(=O)O)C2)c(OC(C)(C)C)c1. The number of amides is 2. The van der Waals surface area contributed by atoms with E-state index in [1.807, 2.05) is 45.9 Å². The normalized spacial score (nSPS) is 17.9. The Labute approximate surface area is 149 Å². The van der Waals surface area contributed by atoms with Gasteiger partial charge in [-0.3, -0.25) is 4.79 Å². The number of ether oxygens (including phenoxy) is 1. The maximum Gasteiger partial charge on any atom is 0.317 e. The molecule has 1 fully saturated rings. The van der Waals surface area contributed by atoms with E-state index in [-0.39, 0.29) is 18.2 Å². The number of aliphatic carboxylic acids is 1. The maximum absolute atomic E-state index is 12.4. The summed E-state index contributed by atoms with van der Waals surface area (Å²) in [7, 11) is 0. The molecule has 1 atom stereocenters. The molecule has 25 heavy (non-hydrogen) atoms. The number of nitrogens with zero attached hydrogens (tertiary/aromatic N) is 1. The molecule has 1 unspecified atom stereocenters. The first-order chi connectivity index (χ1) is 11.7.